The molecule has 0 amide bonds. The first-order chi connectivity index (χ1) is 48.1. The fourth-order valence-electron chi connectivity index (χ4n) is 12.4. The minimum absolute atomic E-state index is 0.108. The van der Waals surface area contributed by atoms with Crippen LogP contribution in [0.2, 0.25) is 0 Å². The van der Waals surface area contributed by atoms with Crippen molar-refractivity contribution in [2.24, 2.45) is 5.92 Å². The molecule has 0 radical (unpaired) electrons. The number of hydrogen-bond donors (Lipinski definition) is 3. The first-order valence-corrected chi connectivity index (χ1v) is 44.7. The maximum Gasteiger partial charge on any atom is 0.472 e. The van der Waals surface area contributed by atoms with Crippen LogP contribution in [0.1, 0.15) is 426 Å². The molecule has 0 aliphatic heterocycles. The first kappa shape index (κ1) is 97.1. The zero-order chi connectivity index (χ0) is 72.7. The normalized spacial score (nSPS) is 14.1. The van der Waals surface area contributed by atoms with Crippen LogP contribution in [0.15, 0.2) is 0 Å². The van der Waals surface area contributed by atoms with Crippen LogP contribution in [-0.2, 0) is 65.4 Å². The Balaban J connectivity index is 5.19. The summed E-state index contributed by atoms with van der Waals surface area (Å²) >= 11 is 0. The number of phosphoric acid groups is 2. The van der Waals surface area contributed by atoms with E-state index < -0.39 is 97.5 Å². The fraction of sp³-hybridized carbons (Fsp3) is 0.950. The van der Waals surface area contributed by atoms with E-state index in [9.17, 15) is 43.2 Å². The smallest absolute Gasteiger partial charge is 0.462 e. The van der Waals surface area contributed by atoms with E-state index in [1.807, 2.05) is 0 Å². The fourth-order valence-corrected chi connectivity index (χ4v) is 14.0. The quantitative estimate of drug-likeness (QED) is 0.0222. The van der Waals surface area contributed by atoms with Crippen molar-refractivity contribution in [1.82, 2.24) is 0 Å². The standard InChI is InChI=1S/C80H156O17P2/c1-6-10-13-16-19-22-24-26-35-39-44-49-54-59-64-78(83)91-70-76(97-80(85)66-61-56-51-46-41-37-33-31-29-28-30-32-34-38-43-47-52-57-62-73(5)9-4)72-95-99(88,89)93-68-74(81)67-92-98(86,87)94-71-75(69-90-77(82)63-58-53-48-42-21-18-15-12-8-3)96-79(84)65-60-55-50-45-40-36-27-25-23-20-17-14-11-7-2/h73-76,81H,6-72H2,1-5H3,(H,86,87)(H,88,89)/t73?,74-,75+,76+/m0/s1. The third kappa shape index (κ3) is 72.8. The van der Waals surface area contributed by atoms with E-state index in [2.05, 4.69) is 34.6 Å². The maximum atomic E-state index is 13.1. The van der Waals surface area contributed by atoms with E-state index in [-0.39, 0.29) is 25.7 Å². The number of carbonyl (C=O) groups is 4. The second kappa shape index (κ2) is 73.0. The minimum Gasteiger partial charge on any atom is -0.462 e. The van der Waals surface area contributed by atoms with E-state index in [1.54, 1.807) is 0 Å². The van der Waals surface area contributed by atoms with Gasteiger partial charge in [-0.15, -0.1) is 0 Å². The van der Waals surface area contributed by atoms with E-state index >= 15 is 0 Å². The molecule has 19 heteroatoms. The van der Waals surface area contributed by atoms with Crippen molar-refractivity contribution in [2.45, 2.75) is 445 Å². The minimum atomic E-state index is -4.96. The molecule has 0 saturated carbocycles. The van der Waals surface area contributed by atoms with Crippen molar-refractivity contribution < 1.29 is 80.2 Å². The zero-order valence-corrected chi connectivity index (χ0v) is 66.4. The molecular weight excluding hydrogens is 1290 g/mol. The molecule has 0 fully saturated rings. The molecule has 6 atom stereocenters. The van der Waals surface area contributed by atoms with Crippen molar-refractivity contribution in [3.8, 4) is 0 Å². The lowest BCUT2D eigenvalue weighted by Gasteiger charge is -2.21. The predicted molar refractivity (Wildman–Crippen MR) is 405 cm³/mol. The lowest BCUT2D eigenvalue weighted by molar-refractivity contribution is -0.161. The van der Waals surface area contributed by atoms with Crippen molar-refractivity contribution in [1.29, 1.82) is 0 Å². The molecule has 99 heavy (non-hydrogen) atoms. The first-order valence-electron chi connectivity index (χ1n) is 41.7. The number of esters is 4. The molecule has 588 valence electrons. The third-order valence-corrected chi connectivity index (χ3v) is 21.0. The molecule has 0 bridgehead atoms. The maximum absolute atomic E-state index is 13.1. The Morgan fingerprint density at radius 3 is 0.717 bits per heavy atom. The lowest BCUT2D eigenvalue weighted by atomic mass is 9.99. The van der Waals surface area contributed by atoms with Crippen LogP contribution in [0.25, 0.3) is 0 Å². The molecule has 0 aromatic carbocycles. The van der Waals surface area contributed by atoms with Crippen LogP contribution in [0.4, 0.5) is 0 Å². The molecule has 0 aliphatic rings. The summed E-state index contributed by atoms with van der Waals surface area (Å²) in [7, 11) is -9.91. The summed E-state index contributed by atoms with van der Waals surface area (Å²) in [5, 5.41) is 10.6. The highest BCUT2D eigenvalue weighted by Gasteiger charge is 2.30. The van der Waals surface area contributed by atoms with Crippen molar-refractivity contribution in [3.05, 3.63) is 0 Å². The summed E-state index contributed by atoms with van der Waals surface area (Å²) < 4.78 is 68.6. The summed E-state index contributed by atoms with van der Waals surface area (Å²) in [5.74, 6) is -1.24. The van der Waals surface area contributed by atoms with Gasteiger partial charge < -0.3 is 33.8 Å². The van der Waals surface area contributed by atoms with Gasteiger partial charge in [-0.1, -0.05) is 375 Å². The molecule has 0 saturated heterocycles. The molecule has 3 unspecified atom stereocenters. The average molecular weight is 1450 g/mol. The molecular formula is C80H156O17P2. The van der Waals surface area contributed by atoms with Gasteiger partial charge in [0.25, 0.3) is 0 Å². The number of aliphatic hydroxyl groups is 1. The second-order valence-electron chi connectivity index (χ2n) is 29.1. The number of hydrogen-bond acceptors (Lipinski definition) is 15. The van der Waals surface area contributed by atoms with E-state index in [1.165, 1.54) is 250 Å². The Bertz CT molecular complexity index is 1890. The van der Waals surface area contributed by atoms with Crippen LogP contribution in [-0.4, -0.2) is 96.7 Å². The summed E-state index contributed by atoms with van der Waals surface area (Å²) in [4.78, 5) is 72.9. The van der Waals surface area contributed by atoms with Gasteiger partial charge in [-0.05, 0) is 31.6 Å². The number of unbranched alkanes of at least 4 members (excludes halogenated alkanes) is 51. The van der Waals surface area contributed by atoms with E-state index in [0.29, 0.717) is 25.7 Å². The highest BCUT2D eigenvalue weighted by atomic mass is 31.2. The SMILES string of the molecule is CCCCCCCCCCCCCCCCC(=O)OC[C@H](COP(=O)(O)OC[C@@H](O)COP(=O)(O)OC[C@@H](COC(=O)CCCCCCCCCCC)OC(=O)CCCCCCCCCCCCCCCC)OC(=O)CCCCCCCCCCCCCCCCCCCCC(C)CC. The van der Waals surface area contributed by atoms with Crippen LogP contribution < -0.4 is 0 Å². The number of aliphatic hydroxyl groups excluding tert-OH is 1. The molecule has 0 spiro atoms. The summed E-state index contributed by atoms with van der Waals surface area (Å²) in [6.07, 6.45) is 63.7. The second-order valence-corrected chi connectivity index (χ2v) is 32.0. The van der Waals surface area contributed by atoms with Gasteiger partial charge in [-0.3, -0.25) is 37.3 Å². The van der Waals surface area contributed by atoms with Gasteiger partial charge in [0.15, 0.2) is 12.2 Å². The van der Waals surface area contributed by atoms with Gasteiger partial charge >= 0.3 is 39.5 Å². The van der Waals surface area contributed by atoms with Gasteiger partial charge in [0.05, 0.1) is 26.4 Å². The van der Waals surface area contributed by atoms with E-state index in [0.717, 1.165) is 95.8 Å². The van der Waals surface area contributed by atoms with Crippen molar-refractivity contribution >= 4 is 39.5 Å². The molecule has 0 aromatic heterocycles. The molecule has 0 heterocycles. The molecule has 17 nitrogen and oxygen atoms in total. The summed E-state index contributed by atoms with van der Waals surface area (Å²) in [6, 6.07) is 0. The third-order valence-electron chi connectivity index (χ3n) is 19.1. The monoisotopic (exact) mass is 1450 g/mol. The van der Waals surface area contributed by atoms with Crippen molar-refractivity contribution in [3.63, 3.8) is 0 Å². The molecule has 0 aliphatic carbocycles. The molecule has 0 aromatic rings. The van der Waals surface area contributed by atoms with Crippen LogP contribution >= 0.6 is 15.6 Å². The summed E-state index contributed by atoms with van der Waals surface area (Å²) in [6.45, 7) is 7.38. The van der Waals surface area contributed by atoms with Crippen LogP contribution in [0.3, 0.4) is 0 Å². The van der Waals surface area contributed by atoms with Gasteiger partial charge in [0.2, 0.25) is 0 Å². The number of carbonyl (C=O) groups excluding carboxylic acids is 4. The highest BCUT2D eigenvalue weighted by molar-refractivity contribution is 7.47. The number of ether oxygens (including phenoxy) is 4. The van der Waals surface area contributed by atoms with Crippen LogP contribution in [0.5, 0.6) is 0 Å². The Morgan fingerprint density at radius 1 is 0.283 bits per heavy atom. The largest absolute Gasteiger partial charge is 0.472 e. The van der Waals surface area contributed by atoms with Gasteiger partial charge in [0, 0.05) is 25.7 Å². The molecule has 3 N–H and O–H groups in total. The summed E-state index contributed by atoms with van der Waals surface area (Å²) in [5.41, 5.74) is 0. The number of rotatable bonds is 80. The van der Waals surface area contributed by atoms with E-state index in [4.69, 9.17) is 37.0 Å². The van der Waals surface area contributed by atoms with Crippen molar-refractivity contribution in [2.75, 3.05) is 39.6 Å². The topological polar surface area (TPSA) is 237 Å². The molecule has 0 rings (SSSR count). The number of phosphoric ester groups is 2. The van der Waals surface area contributed by atoms with Gasteiger partial charge in [-0.25, -0.2) is 9.13 Å². The average Bonchev–Trinajstić information content (AvgIpc) is 1.03. The Kier molecular flexibility index (Phi) is 71.6. The predicted octanol–water partition coefficient (Wildman–Crippen LogP) is 24.0. The lowest BCUT2D eigenvalue weighted by Crippen LogP contribution is -2.30. The van der Waals surface area contributed by atoms with Crippen LogP contribution in [0, 0.1) is 5.92 Å². The Labute approximate surface area is 607 Å². The Morgan fingerprint density at radius 2 is 0.485 bits per heavy atom. The Hall–Kier alpha value is -1.94. The van der Waals surface area contributed by atoms with Gasteiger partial charge in [-0.2, -0.15) is 0 Å². The highest BCUT2D eigenvalue weighted by Crippen LogP contribution is 2.45. The zero-order valence-electron chi connectivity index (χ0n) is 64.6. The van der Waals surface area contributed by atoms with Gasteiger partial charge in [0.1, 0.15) is 19.3 Å².